The lowest BCUT2D eigenvalue weighted by Gasteiger charge is -2.29. The van der Waals surface area contributed by atoms with Gasteiger partial charge in [-0.05, 0) is 31.4 Å². The monoisotopic (exact) mass is 252 g/mol. The van der Waals surface area contributed by atoms with Gasteiger partial charge in [-0.2, -0.15) is 0 Å². The average molecular weight is 252 g/mol. The lowest BCUT2D eigenvalue weighted by atomic mass is 9.91. The summed E-state index contributed by atoms with van der Waals surface area (Å²) in [5, 5.41) is 3.07. The van der Waals surface area contributed by atoms with E-state index in [1.807, 2.05) is 12.1 Å². The number of hydrogen-bond acceptors (Lipinski definition) is 3. The summed E-state index contributed by atoms with van der Waals surface area (Å²) in [7, 11) is 0. The summed E-state index contributed by atoms with van der Waals surface area (Å²) in [4.78, 5) is 14.1. The summed E-state index contributed by atoms with van der Waals surface area (Å²) in [5.41, 5.74) is 6.03. The third-order valence-corrected chi connectivity index (χ3v) is 4.60. The molecule has 3 nitrogen and oxygen atoms in total. The van der Waals surface area contributed by atoms with Crippen LogP contribution in [0.25, 0.3) is 0 Å². The van der Waals surface area contributed by atoms with Crippen molar-refractivity contribution in [3.63, 3.8) is 0 Å². The van der Waals surface area contributed by atoms with Crippen molar-refractivity contribution in [2.24, 2.45) is 5.73 Å². The van der Waals surface area contributed by atoms with Crippen molar-refractivity contribution >= 4 is 17.2 Å². The first kappa shape index (κ1) is 12.6. The molecule has 0 spiro atoms. The summed E-state index contributed by atoms with van der Waals surface area (Å²) in [6.07, 6.45) is 5.38. The summed E-state index contributed by atoms with van der Waals surface area (Å²) in [6.45, 7) is 2.10. The second-order valence-corrected chi connectivity index (χ2v) is 5.82. The number of carbonyl (C=O) groups is 1. The fourth-order valence-electron chi connectivity index (χ4n) is 2.27. The topological polar surface area (TPSA) is 55.1 Å². The smallest absolute Gasteiger partial charge is 0.261 e. The van der Waals surface area contributed by atoms with Crippen molar-refractivity contribution in [2.75, 3.05) is 0 Å². The number of thiophene rings is 1. The summed E-state index contributed by atoms with van der Waals surface area (Å²) < 4.78 is 0. The summed E-state index contributed by atoms with van der Waals surface area (Å²) in [5.74, 6) is 0.0389. The molecular weight excluding hydrogens is 232 g/mol. The molecule has 94 valence electrons. The van der Waals surface area contributed by atoms with E-state index in [1.165, 1.54) is 17.7 Å². The van der Waals surface area contributed by atoms with E-state index < -0.39 is 0 Å². The van der Waals surface area contributed by atoms with Crippen LogP contribution in [0.1, 0.15) is 47.2 Å². The van der Waals surface area contributed by atoms with Gasteiger partial charge in [-0.15, -0.1) is 11.3 Å². The molecule has 3 N–H and O–H groups in total. The molecule has 0 aromatic carbocycles. The van der Waals surface area contributed by atoms with Gasteiger partial charge < -0.3 is 11.1 Å². The van der Waals surface area contributed by atoms with E-state index in [0.29, 0.717) is 0 Å². The highest BCUT2D eigenvalue weighted by Crippen LogP contribution is 2.20. The molecule has 1 aromatic rings. The van der Waals surface area contributed by atoms with Crippen molar-refractivity contribution < 1.29 is 4.79 Å². The Balaban J connectivity index is 1.96. The predicted octanol–water partition coefficient (Wildman–Crippen LogP) is 2.31. The van der Waals surface area contributed by atoms with Gasteiger partial charge in [-0.1, -0.05) is 19.8 Å². The van der Waals surface area contributed by atoms with E-state index in [0.717, 1.165) is 24.1 Å². The van der Waals surface area contributed by atoms with Gasteiger partial charge in [0.2, 0.25) is 0 Å². The maximum atomic E-state index is 12.0. The molecule has 1 aliphatic rings. The summed E-state index contributed by atoms with van der Waals surface area (Å²) >= 11 is 1.58. The lowest BCUT2D eigenvalue weighted by Crippen LogP contribution is -2.49. The van der Waals surface area contributed by atoms with Crippen LogP contribution in [0.3, 0.4) is 0 Å². The van der Waals surface area contributed by atoms with Crippen LogP contribution >= 0.6 is 11.3 Å². The zero-order chi connectivity index (χ0) is 12.3. The number of amides is 1. The molecule has 1 amide bonds. The first-order valence-corrected chi connectivity index (χ1v) is 7.17. The Morgan fingerprint density at radius 2 is 2.24 bits per heavy atom. The molecule has 4 heteroatoms. The van der Waals surface area contributed by atoms with Crippen molar-refractivity contribution in [3.8, 4) is 0 Å². The number of rotatable bonds is 3. The van der Waals surface area contributed by atoms with Gasteiger partial charge in [-0.25, -0.2) is 0 Å². The molecule has 1 fully saturated rings. The van der Waals surface area contributed by atoms with Crippen LogP contribution in [0.5, 0.6) is 0 Å². The molecule has 0 bridgehead atoms. The van der Waals surface area contributed by atoms with Crippen LogP contribution in [-0.2, 0) is 6.42 Å². The molecule has 1 aliphatic carbocycles. The molecule has 0 saturated heterocycles. The van der Waals surface area contributed by atoms with Crippen molar-refractivity contribution in [1.82, 2.24) is 5.32 Å². The first-order valence-electron chi connectivity index (χ1n) is 6.36. The zero-order valence-electron chi connectivity index (χ0n) is 10.2. The maximum Gasteiger partial charge on any atom is 0.261 e. The van der Waals surface area contributed by atoms with Crippen LogP contribution in [-0.4, -0.2) is 18.0 Å². The molecule has 2 rings (SSSR count). The van der Waals surface area contributed by atoms with Gasteiger partial charge in [0, 0.05) is 17.0 Å². The van der Waals surface area contributed by atoms with Crippen LogP contribution in [0, 0.1) is 0 Å². The van der Waals surface area contributed by atoms with Crippen LogP contribution in [0.15, 0.2) is 12.1 Å². The molecular formula is C13H20N2OS. The molecule has 17 heavy (non-hydrogen) atoms. The van der Waals surface area contributed by atoms with E-state index >= 15 is 0 Å². The molecule has 1 heterocycles. The SMILES string of the molecule is CCc1ccc(C(=O)N[C@@H]2CCCC[C@H]2N)s1. The van der Waals surface area contributed by atoms with E-state index in [4.69, 9.17) is 5.73 Å². The van der Waals surface area contributed by atoms with Crippen LogP contribution in [0.4, 0.5) is 0 Å². The zero-order valence-corrected chi connectivity index (χ0v) is 11.1. The molecule has 0 unspecified atom stereocenters. The third-order valence-electron chi connectivity index (χ3n) is 3.37. The highest BCUT2D eigenvalue weighted by molar-refractivity contribution is 7.14. The minimum absolute atomic E-state index is 0.0389. The number of nitrogens with two attached hydrogens (primary N) is 1. The number of aryl methyl sites for hydroxylation is 1. The molecule has 1 aromatic heterocycles. The third kappa shape index (κ3) is 3.07. The van der Waals surface area contributed by atoms with E-state index in [9.17, 15) is 4.79 Å². The molecule has 1 saturated carbocycles. The normalized spacial score (nSPS) is 24.6. The quantitative estimate of drug-likeness (QED) is 0.867. The Kier molecular flexibility index (Phi) is 4.18. The van der Waals surface area contributed by atoms with E-state index in [-0.39, 0.29) is 18.0 Å². The molecule has 2 atom stereocenters. The average Bonchev–Trinajstić information content (AvgIpc) is 2.81. The second kappa shape index (κ2) is 5.65. The lowest BCUT2D eigenvalue weighted by molar-refractivity contribution is 0.0925. The highest BCUT2D eigenvalue weighted by Gasteiger charge is 2.24. The Bertz CT molecular complexity index is 389. The largest absolute Gasteiger partial charge is 0.347 e. The molecule has 0 radical (unpaired) electrons. The number of nitrogens with one attached hydrogen (secondary N) is 1. The highest BCUT2D eigenvalue weighted by atomic mass is 32.1. The first-order chi connectivity index (χ1) is 8.20. The standard InChI is InChI=1S/C13H20N2OS/c1-2-9-7-8-12(17-9)13(16)15-11-6-4-3-5-10(11)14/h7-8,10-11H,2-6,14H2,1H3,(H,15,16)/t10-,11-/m1/s1. The van der Waals surface area contributed by atoms with Gasteiger partial charge in [0.15, 0.2) is 0 Å². The Hall–Kier alpha value is -0.870. The Morgan fingerprint density at radius 1 is 1.47 bits per heavy atom. The Labute approximate surface area is 106 Å². The van der Waals surface area contributed by atoms with Crippen LogP contribution in [0.2, 0.25) is 0 Å². The van der Waals surface area contributed by atoms with Crippen molar-refractivity contribution in [1.29, 1.82) is 0 Å². The van der Waals surface area contributed by atoms with E-state index in [1.54, 1.807) is 11.3 Å². The maximum absolute atomic E-state index is 12.0. The number of carbonyl (C=O) groups excluding carboxylic acids is 1. The second-order valence-electron chi connectivity index (χ2n) is 4.65. The fourth-order valence-corrected chi connectivity index (χ4v) is 3.12. The Morgan fingerprint density at radius 3 is 2.88 bits per heavy atom. The van der Waals surface area contributed by atoms with Gasteiger partial charge in [0.1, 0.15) is 0 Å². The van der Waals surface area contributed by atoms with Crippen LogP contribution < -0.4 is 11.1 Å². The number of hydrogen-bond donors (Lipinski definition) is 2. The van der Waals surface area contributed by atoms with Gasteiger partial charge in [-0.3, -0.25) is 4.79 Å². The van der Waals surface area contributed by atoms with Crippen molar-refractivity contribution in [2.45, 2.75) is 51.1 Å². The summed E-state index contributed by atoms with van der Waals surface area (Å²) in [6, 6.07) is 4.22. The predicted molar refractivity (Wildman–Crippen MR) is 71.4 cm³/mol. The van der Waals surface area contributed by atoms with Gasteiger partial charge >= 0.3 is 0 Å². The van der Waals surface area contributed by atoms with Gasteiger partial charge in [0.25, 0.3) is 5.91 Å². The van der Waals surface area contributed by atoms with E-state index in [2.05, 4.69) is 12.2 Å². The van der Waals surface area contributed by atoms with Gasteiger partial charge in [0.05, 0.1) is 4.88 Å². The van der Waals surface area contributed by atoms with Crippen molar-refractivity contribution in [3.05, 3.63) is 21.9 Å². The minimum Gasteiger partial charge on any atom is -0.347 e. The fraction of sp³-hybridized carbons (Fsp3) is 0.615. The molecule has 0 aliphatic heterocycles. The minimum atomic E-state index is 0.0389.